The van der Waals surface area contributed by atoms with Gasteiger partial charge in [0, 0.05) is 0 Å². The molecule has 0 spiro atoms. The minimum atomic E-state index is -0.577. The van der Waals surface area contributed by atoms with Gasteiger partial charge in [-0.3, -0.25) is 0 Å². The molecule has 112 valence electrons. The molecule has 1 aromatic rings. The van der Waals surface area contributed by atoms with Crippen LogP contribution in [0.3, 0.4) is 0 Å². The molecule has 4 heteroatoms. The van der Waals surface area contributed by atoms with Gasteiger partial charge >= 0.3 is 5.97 Å². The van der Waals surface area contributed by atoms with Gasteiger partial charge in [0.25, 0.3) is 0 Å². The average molecular weight is 280 g/mol. The van der Waals surface area contributed by atoms with Crippen molar-refractivity contribution in [2.24, 2.45) is 0 Å². The SMILES string of the molecule is CCCOc1ccccc1OC(CCC)C(=O)OCC. The summed E-state index contributed by atoms with van der Waals surface area (Å²) in [5.41, 5.74) is 0. The van der Waals surface area contributed by atoms with E-state index in [9.17, 15) is 4.79 Å². The monoisotopic (exact) mass is 280 g/mol. The zero-order valence-electron chi connectivity index (χ0n) is 12.6. The summed E-state index contributed by atoms with van der Waals surface area (Å²) in [6, 6.07) is 7.41. The van der Waals surface area contributed by atoms with Crippen LogP contribution in [0.2, 0.25) is 0 Å². The van der Waals surface area contributed by atoms with Gasteiger partial charge in [0.05, 0.1) is 13.2 Å². The Balaban J connectivity index is 2.79. The fraction of sp³-hybridized carbons (Fsp3) is 0.562. The van der Waals surface area contributed by atoms with Gasteiger partial charge in [-0.25, -0.2) is 4.79 Å². The smallest absolute Gasteiger partial charge is 0.347 e. The Hall–Kier alpha value is -1.71. The Bertz CT molecular complexity index is 403. The zero-order chi connectivity index (χ0) is 14.8. The summed E-state index contributed by atoms with van der Waals surface area (Å²) in [5, 5.41) is 0. The molecule has 0 aliphatic rings. The summed E-state index contributed by atoms with van der Waals surface area (Å²) in [4.78, 5) is 11.9. The summed E-state index contributed by atoms with van der Waals surface area (Å²) in [6.45, 7) is 6.82. The number of rotatable bonds is 9. The number of hydrogen-bond donors (Lipinski definition) is 0. The number of benzene rings is 1. The van der Waals surface area contributed by atoms with Gasteiger partial charge in [-0.1, -0.05) is 32.4 Å². The summed E-state index contributed by atoms with van der Waals surface area (Å²) in [5.74, 6) is 0.937. The summed E-state index contributed by atoms with van der Waals surface area (Å²) in [6.07, 6.45) is 1.82. The molecule has 1 atom stereocenters. The number of carbonyl (C=O) groups excluding carboxylic acids is 1. The molecule has 1 rings (SSSR count). The van der Waals surface area contributed by atoms with E-state index in [4.69, 9.17) is 14.2 Å². The molecule has 1 aromatic carbocycles. The molecule has 0 saturated heterocycles. The van der Waals surface area contributed by atoms with E-state index in [1.165, 1.54) is 0 Å². The number of carbonyl (C=O) groups is 1. The number of esters is 1. The van der Waals surface area contributed by atoms with Crippen LogP contribution in [0.4, 0.5) is 0 Å². The van der Waals surface area contributed by atoms with Crippen molar-refractivity contribution in [3.05, 3.63) is 24.3 Å². The van der Waals surface area contributed by atoms with Crippen LogP contribution in [-0.4, -0.2) is 25.3 Å². The van der Waals surface area contributed by atoms with Crippen LogP contribution in [0.25, 0.3) is 0 Å². The minimum Gasteiger partial charge on any atom is -0.490 e. The topological polar surface area (TPSA) is 44.8 Å². The highest BCUT2D eigenvalue weighted by atomic mass is 16.6. The van der Waals surface area contributed by atoms with Crippen LogP contribution in [0.15, 0.2) is 24.3 Å². The second kappa shape index (κ2) is 9.23. The van der Waals surface area contributed by atoms with Crippen LogP contribution >= 0.6 is 0 Å². The summed E-state index contributed by atoms with van der Waals surface area (Å²) < 4.78 is 16.5. The van der Waals surface area contributed by atoms with Gasteiger partial charge in [0.15, 0.2) is 17.6 Å². The molecule has 0 fully saturated rings. The molecule has 4 nitrogen and oxygen atoms in total. The lowest BCUT2D eigenvalue weighted by molar-refractivity contribution is -0.151. The average Bonchev–Trinajstić information content (AvgIpc) is 2.46. The van der Waals surface area contributed by atoms with Gasteiger partial charge in [-0.05, 0) is 31.9 Å². The van der Waals surface area contributed by atoms with Crippen molar-refractivity contribution in [3.8, 4) is 11.5 Å². The van der Waals surface area contributed by atoms with Crippen LogP contribution in [0.1, 0.15) is 40.0 Å². The first kappa shape index (κ1) is 16.3. The quantitative estimate of drug-likeness (QED) is 0.648. The zero-order valence-corrected chi connectivity index (χ0v) is 12.6. The largest absolute Gasteiger partial charge is 0.490 e. The molecule has 0 heterocycles. The molecular weight excluding hydrogens is 256 g/mol. The van der Waals surface area contributed by atoms with Crippen LogP contribution in [0, 0.1) is 0 Å². The minimum absolute atomic E-state index is 0.320. The van der Waals surface area contributed by atoms with Gasteiger partial charge in [-0.15, -0.1) is 0 Å². The molecule has 20 heavy (non-hydrogen) atoms. The molecule has 0 N–H and O–H groups in total. The van der Waals surface area contributed by atoms with E-state index in [0.29, 0.717) is 31.1 Å². The van der Waals surface area contributed by atoms with E-state index in [0.717, 1.165) is 12.8 Å². The Kier molecular flexibility index (Phi) is 7.55. The van der Waals surface area contributed by atoms with Crippen molar-refractivity contribution < 1.29 is 19.0 Å². The van der Waals surface area contributed by atoms with E-state index < -0.39 is 6.10 Å². The number of ether oxygens (including phenoxy) is 3. The van der Waals surface area contributed by atoms with Crippen LogP contribution < -0.4 is 9.47 Å². The third-order valence-electron chi connectivity index (χ3n) is 2.68. The van der Waals surface area contributed by atoms with E-state index in [-0.39, 0.29) is 5.97 Å². The van der Waals surface area contributed by atoms with Crippen molar-refractivity contribution in [3.63, 3.8) is 0 Å². The highest BCUT2D eigenvalue weighted by Gasteiger charge is 2.22. The maximum absolute atomic E-state index is 11.9. The predicted molar refractivity (Wildman–Crippen MR) is 78.2 cm³/mol. The first-order valence-electron chi connectivity index (χ1n) is 7.28. The van der Waals surface area contributed by atoms with Crippen molar-refractivity contribution in [1.82, 2.24) is 0 Å². The van der Waals surface area contributed by atoms with E-state index in [1.807, 2.05) is 38.1 Å². The van der Waals surface area contributed by atoms with Crippen LogP contribution in [0.5, 0.6) is 11.5 Å². The van der Waals surface area contributed by atoms with Crippen molar-refractivity contribution in [1.29, 1.82) is 0 Å². The molecule has 0 aliphatic heterocycles. The lowest BCUT2D eigenvalue weighted by atomic mass is 10.2. The number of hydrogen-bond acceptors (Lipinski definition) is 4. The van der Waals surface area contributed by atoms with Gasteiger partial charge in [-0.2, -0.15) is 0 Å². The molecule has 0 aliphatic carbocycles. The molecule has 0 saturated carbocycles. The molecular formula is C16H24O4. The maximum atomic E-state index is 11.9. The summed E-state index contributed by atoms with van der Waals surface area (Å²) in [7, 11) is 0. The first-order valence-corrected chi connectivity index (χ1v) is 7.28. The Morgan fingerprint density at radius 1 is 1.10 bits per heavy atom. The van der Waals surface area contributed by atoms with Crippen molar-refractivity contribution in [2.75, 3.05) is 13.2 Å². The third kappa shape index (κ3) is 5.11. The van der Waals surface area contributed by atoms with Crippen molar-refractivity contribution in [2.45, 2.75) is 46.1 Å². The maximum Gasteiger partial charge on any atom is 0.347 e. The Morgan fingerprint density at radius 3 is 2.40 bits per heavy atom. The van der Waals surface area contributed by atoms with Crippen molar-refractivity contribution >= 4 is 5.97 Å². The molecule has 1 unspecified atom stereocenters. The standard InChI is InChI=1S/C16H24O4/c1-4-9-15(16(17)18-6-3)20-14-11-8-7-10-13(14)19-12-5-2/h7-8,10-11,15H,4-6,9,12H2,1-3H3. The van der Waals surface area contributed by atoms with Gasteiger partial charge in [0.1, 0.15) is 0 Å². The molecule has 0 radical (unpaired) electrons. The number of para-hydroxylation sites is 2. The lowest BCUT2D eigenvalue weighted by Crippen LogP contribution is -2.29. The Labute approximate surface area is 121 Å². The normalized spacial score (nSPS) is 11.8. The third-order valence-corrected chi connectivity index (χ3v) is 2.68. The van der Waals surface area contributed by atoms with E-state index in [2.05, 4.69) is 0 Å². The Morgan fingerprint density at radius 2 is 1.80 bits per heavy atom. The summed E-state index contributed by atoms with van der Waals surface area (Å²) >= 11 is 0. The highest BCUT2D eigenvalue weighted by Crippen LogP contribution is 2.28. The molecule has 0 amide bonds. The lowest BCUT2D eigenvalue weighted by Gasteiger charge is -2.19. The first-order chi connectivity index (χ1) is 9.72. The van der Waals surface area contributed by atoms with Gasteiger partial charge in [0.2, 0.25) is 0 Å². The second-order valence-corrected chi connectivity index (χ2v) is 4.44. The van der Waals surface area contributed by atoms with Gasteiger partial charge < -0.3 is 14.2 Å². The molecule has 0 bridgehead atoms. The fourth-order valence-electron chi connectivity index (χ4n) is 1.75. The predicted octanol–water partition coefficient (Wildman–Crippen LogP) is 3.59. The van der Waals surface area contributed by atoms with E-state index >= 15 is 0 Å². The second-order valence-electron chi connectivity index (χ2n) is 4.44. The molecule has 0 aromatic heterocycles. The highest BCUT2D eigenvalue weighted by molar-refractivity contribution is 5.75. The fourth-order valence-corrected chi connectivity index (χ4v) is 1.75. The van der Waals surface area contributed by atoms with Crippen LogP contribution in [-0.2, 0) is 9.53 Å². The van der Waals surface area contributed by atoms with E-state index in [1.54, 1.807) is 6.92 Å².